The Morgan fingerprint density at radius 1 is 1.36 bits per heavy atom. The first-order chi connectivity index (χ1) is 6.83. The highest BCUT2D eigenvalue weighted by Gasteiger charge is 2.41. The molecule has 1 aromatic heterocycles. The Morgan fingerprint density at radius 2 is 2.29 bits per heavy atom. The van der Waals surface area contributed by atoms with E-state index in [1.54, 1.807) is 0 Å². The topological polar surface area (TPSA) is 17.8 Å². The van der Waals surface area contributed by atoms with Gasteiger partial charge in [-0.1, -0.05) is 0 Å². The average molecular weight is 190 g/mol. The molecule has 76 valence electrons. The van der Waals surface area contributed by atoms with Gasteiger partial charge in [0.05, 0.1) is 0 Å². The van der Waals surface area contributed by atoms with E-state index in [2.05, 4.69) is 22.8 Å². The highest BCUT2D eigenvalue weighted by atomic mass is 15.3. The fourth-order valence-corrected chi connectivity index (χ4v) is 2.95. The minimum absolute atomic E-state index is 0.900. The lowest BCUT2D eigenvalue weighted by Crippen LogP contribution is -2.17. The summed E-state index contributed by atoms with van der Waals surface area (Å²) in [6, 6.07) is 2.10. The molecule has 0 amide bonds. The van der Waals surface area contributed by atoms with Gasteiger partial charge >= 0.3 is 0 Å². The molecule has 14 heavy (non-hydrogen) atoms. The van der Waals surface area contributed by atoms with Gasteiger partial charge in [0.25, 0.3) is 0 Å². The van der Waals surface area contributed by atoms with Gasteiger partial charge in [0.1, 0.15) is 0 Å². The molecule has 0 radical (unpaired) electrons. The minimum Gasteiger partial charge on any atom is -0.270 e. The number of aryl methyl sites for hydroxylation is 1. The summed E-state index contributed by atoms with van der Waals surface area (Å²) in [6.07, 6.45) is 7.81. The predicted octanol–water partition coefficient (Wildman–Crippen LogP) is 2.63. The molecule has 2 saturated carbocycles. The Hall–Kier alpha value is -0.790. The van der Waals surface area contributed by atoms with E-state index in [-0.39, 0.29) is 0 Å². The molecule has 0 N–H and O–H groups in total. The van der Waals surface area contributed by atoms with Crippen LogP contribution in [0.2, 0.25) is 0 Å². The summed E-state index contributed by atoms with van der Waals surface area (Å²) in [7, 11) is 0. The number of fused-ring (bicyclic) bond motifs is 1. The summed E-state index contributed by atoms with van der Waals surface area (Å²) in [5.41, 5.74) is 1.31. The van der Waals surface area contributed by atoms with Gasteiger partial charge in [-0.15, -0.1) is 0 Å². The van der Waals surface area contributed by atoms with Crippen LogP contribution >= 0.6 is 0 Å². The van der Waals surface area contributed by atoms with Crippen LogP contribution < -0.4 is 0 Å². The van der Waals surface area contributed by atoms with Gasteiger partial charge in [0.15, 0.2) is 0 Å². The van der Waals surface area contributed by atoms with Crippen LogP contribution in [0.25, 0.3) is 0 Å². The second kappa shape index (κ2) is 3.11. The second-order valence-corrected chi connectivity index (χ2v) is 5.09. The van der Waals surface area contributed by atoms with Crippen LogP contribution in [0.5, 0.6) is 0 Å². The van der Waals surface area contributed by atoms with Gasteiger partial charge in [-0.3, -0.25) is 4.68 Å². The summed E-state index contributed by atoms with van der Waals surface area (Å²) in [5.74, 6) is 3.10. The first kappa shape index (κ1) is 8.51. The SMILES string of the molecule is Cc1ccnn1CC1CCC2CC2C1. The Morgan fingerprint density at radius 3 is 3.00 bits per heavy atom. The van der Waals surface area contributed by atoms with Crippen LogP contribution in [0.3, 0.4) is 0 Å². The zero-order valence-electron chi connectivity index (χ0n) is 8.82. The lowest BCUT2D eigenvalue weighted by molar-refractivity contribution is 0.295. The molecular formula is C12H18N2. The molecule has 2 aliphatic rings. The van der Waals surface area contributed by atoms with Gasteiger partial charge < -0.3 is 0 Å². The highest BCUT2D eigenvalue weighted by molar-refractivity contribution is 4.98. The Labute approximate surface area is 85.3 Å². The second-order valence-electron chi connectivity index (χ2n) is 5.09. The van der Waals surface area contributed by atoms with E-state index >= 15 is 0 Å². The van der Waals surface area contributed by atoms with Crippen LogP contribution in [-0.2, 0) is 6.54 Å². The van der Waals surface area contributed by atoms with E-state index < -0.39 is 0 Å². The largest absolute Gasteiger partial charge is 0.270 e. The molecule has 2 aliphatic carbocycles. The average Bonchev–Trinajstić information content (AvgIpc) is 2.84. The van der Waals surface area contributed by atoms with Crippen molar-refractivity contribution in [1.29, 1.82) is 0 Å². The molecule has 2 fully saturated rings. The first-order valence-electron chi connectivity index (χ1n) is 5.81. The summed E-state index contributed by atoms with van der Waals surface area (Å²) < 4.78 is 2.17. The number of nitrogens with zero attached hydrogens (tertiary/aromatic N) is 2. The summed E-state index contributed by atoms with van der Waals surface area (Å²) in [6.45, 7) is 3.30. The van der Waals surface area contributed by atoms with Crippen molar-refractivity contribution in [2.45, 2.75) is 39.2 Å². The van der Waals surface area contributed by atoms with Crippen molar-refractivity contribution in [2.75, 3.05) is 0 Å². The molecule has 2 nitrogen and oxygen atoms in total. The molecule has 3 atom stereocenters. The van der Waals surface area contributed by atoms with Gasteiger partial charge in [0, 0.05) is 18.4 Å². The van der Waals surface area contributed by atoms with Gasteiger partial charge in [-0.25, -0.2) is 0 Å². The van der Waals surface area contributed by atoms with E-state index in [1.807, 2.05) is 6.20 Å². The summed E-state index contributed by atoms with van der Waals surface area (Å²) in [5, 5.41) is 4.37. The quantitative estimate of drug-likeness (QED) is 0.701. The van der Waals surface area contributed by atoms with Crippen LogP contribution in [0.4, 0.5) is 0 Å². The van der Waals surface area contributed by atoms with E-state index in [0.717, 1.165) is 24.3 Å². The normalized spacial score (nSPS) is 35.4. The Kier molecular flexibility index (Phi) is 1.89. The van der Waals surface area contributed by atoms with E-state index in [0.29, 0.717) is 0 Å². The number of hydrogen-bond acceptors (Lipinski definition) is 1. The smallest absolute Gasteiger partial charge is 0.0492 e. The summed E-state index contributed by atoms with van der Waals surface area (Å²) >= 11 is 0. The van der Waals surface area contributed by atoms with Crippen molar-refractivity contribution in [2.24, 2.45) is 17.8 Å². The zero-order chi connectivity index (χ0) is 9.54. The van der Waals surface area contributed by atoms with E-state index in [1.165, 1.54) is 31.4 Å². The molecule has 0 bridgehead atoms. The Balaban J connectivity index is 1.64. The molecule has 1 aromatic rings. The third kappa shape index (κ3) is 1.47. The fraction of sp³-hybridized carbons (Fsp3) is 0.750. The Bertz CT molecular complexity index is 329. The first-order valence-corrected chi connectivity index (χ1v) is 5.81. The molecule has 3 unspecified atom stereocenters. The van der Waals surface area contributed by atoms with Crippen molar-refractivity contribution in [3.05, 3.63) is 18.0 Å². The molecule has 0 aromatic carbocycles. The molecule has 0 spiro atoms. The van der Waals surface area contributed by atoms with Crippen LogP contribution in [-0.4, -0.2) is 9.78 Å². The maximum absolute atomic E-state index is 4.37. The van der Waals surface area contributed by atoms with Gasteiger partial charge in [-0.2, -0.15) is 5.10 Å². The number of rotatable bonds is 2. The van der Waals surface area contributed by atoms with Crippen LogP contribution in [0, 0.1) is 24.7 Å². The van der Waals surface area contributed by atoms with Crippen molar-refractivity contribution in [3.63, 3.8) is 0 Å². The monoisotopic (exact) mass is 190 g/mol. The minimum atomic E-state index is 0.900. The van der Waals surface area contributed by atoms with Crippen molar-refractivity contribution in [3.8, 4) is 0 Å². The third-order valence-electron chi connectivity index (χ3n) is 4.01. The fourth-order valence-electron chi connectivity index (χ4n) is 2.95. The van der Waals surface area contributed by atoms with Crippen LogP contribution in [0.1, 0.15) is 31.4 Å². The maximum Gasteiger partial charge on any atom is 0.0492 e. The van der Waals surface area contributed by atoms with E-state index in [4.69, 9.17) is 0 Å². The zero-order valence-corrected chi connectivity index (χ0v) is 8.82. The molecule has 3 rings (SSSR count). The maximum atomic E-state index is 4.37. The third-order valence-corrected chi connectivity index (χ3v) is 4.01. The highest BCUT2D eigenvalue weighted by Crippen LogP contribution is 2.51. The van der Waals surface area contributed by atoms with Crippen LogP contribution in [0.15, 0.2) is 12.3 Å². The number of aromatic nitrogens is 2. The van der Waals surface area contributed by atoms with Crippen molar-refractivity contribution < 1.29 is 0 Å². The molecular weight excluding hydrogens is 172 g/mol. The van der Waals surface area contributed by atoms with Crippen molar-refractivity contribution in [1.82, 2.24) is 9.78 Å². The molecule has 2 heteroatoms. The summed E-state index contributed by atoms with van der Waals surface area (Å²) in [4.78, 5) is 0. The molecule has 1 heterocycles. The lowest BCUT2D eigenvalue weighted by atomic mass is 9.89. The van der Waals surface area contributed by atoms with Gasteiger partial charge in [-0.05, 0) is 56.4 Å². The molecule has 0 saturated heterocycles. The van der Waals surface area contributed by atoms with Gasteiger partial charge in [0.2, 0.25) is 0 Å². The number of hydrogen-bond donors (Lipinski definition) is 0. The molecule has 0 aliphatic heterocycles. The van der Waals surface area contributed by atoms with E-state index in [9.17, 15) is 0 Å². The lowest BCUT2D eigenvalue weighted by Gasteiger charge is -2.21. The standard InChI is InChI=1S/C12H18N2/c1-9-4-5-13-14(9)8-10-2-3-11-7-12(11)6-10/h4-5,10-12H,2-3,6-8H2,1H3. The predicted molar refractivity (Wildman–Crippen MR) is 55.9 cm³/mol. The van der Waals surface area contributed by atoms with Crippen molar-refractivity contribution >= 4 is 0 Å².